The van der Waals surface area contributed by atoms with Gasteiger partial charge in [0.05, 0.1) is 24.4 Å². The standard InChI is InChI=1S/C34H37N3O8/c1-17-11-25-22(12-26(17)45-34-19(3)18(2)32(20(4)43-34)44-21(5)38)29-30(37(33(25)40)9-6-8-36-10-7-35-15-36)23-13-27-28(42-16-41-27)14-24(23)31(29)39/h7,10-15,18-20,29-30,32,34H,6,8-9,16H2,1-5H3/t18-,19-,20-,29?,30?,32?,34-/m0/s1. The van der Waals surface area contributed by atoms with E-state index < -0.39 is 18.2 Å². The minimum absolute atomic E-state index is 0.0141. The summed E-state index contributed by atoms with van der Waals surface area (Å²) in [5.41, 5.74) is 3.21. The Morgan fingerprint density at radius 1 is 1.00 bits per heavy atom. The van der Waals surface area contributed by atoms with Crippen molar-refractivity contribution in [2.75, 3.05) is 13.3 Å². The van der Waals surface area contributed by atoms with Crippen LogP contribution >= 0.6 is 0 Å². The summed E-state index contributed by atoms with van der Waals surface area (Å²) in [5.74, 6) is 0.400. The third-order valence-electron chi connectivity index (χ3n) is 9.74. The van der Waals surface area contributed by atoms with Gasteiger partial charge in [-0.05, 0) is 61.2 Å². The van der Waals surface area contributed by atoms with Crippen molar-refractivity contribution in [3.8, 4) is 17.2 Å². The molecule has 11 heteroatoms. The van der Waals surface area contributed by atoms with Crippen LogP contribution in [0.25, 0.3) is 0 Å². The second-order valence-corrected chi connectivity index (χ2v) is 12.6. The molecule has 1 aromatic heterocycles. The second-order valence-electron chi connectivity index (χ2n) is 12.6. The van der Waals surface area contributed by atoms with Crippen LogP contribution in [0.1, 0.15) is 83.5 Å². The first kappa shape index (κ1) is 29.3. The van der Waals surface area contributed by atoms with E-state index in [1.54, 1.807) is 18.6 Å². The van der Waals surface area contributed by atoms with Gasteiger partial charge in [0.1, 0.15) is 11.9 Å². The molecule has 3 aromatic rings. The van der Waals surface area contributed by atoms with Gasteiger partial charge in [0.2, 0.25) is 13.1 Å². The number of aromatic nitrogens is 2. The molecule has 7 atom stereocenters. The smallest absolute Gasteiger partial charge is 0.303 e. The lowest BCUT2D eigenvalue weighted by Crippen LogP contribution is -2.51. The van der Waals surface area contributed by atoms with E-state index in [1.807, 2.05) is 61.6 Å². The molecule has 4 heterocycles. The molecule has 3 unspecified atom stereocenters. The zero-order valence-corrected chi connectivity index (χ0v) is 26.0. The van der Waals surface area contributed by atoms with Crippen LogP contribution in [0.3, 0.4) is 0 Å². The number of rotatable bonds is 7. The maximum Gasteiger partial charge on any atom is 0.303 e. The van der Waals surface area contributed by atoms with Crippen LogP contribution in [0.15, 0.2) is 43.0 Å². The number of carbonyl (C=O) groups is 3. The van der Waals surface area contributed by atoms with E-state index in [1.165, 1.54) is 6.92 Å². The largest absolute Gasteiger partial charge is 0.464 e. The van der Waals surface area contributed by atoms with Crippen LogP contribution in [0.2, 0.25) is 0 Å². The quantitative estimate of drug-likeness (QED) is 0.345. The molecule has 236 valence electrons. The lowest BCUT2D eigenvalue weighted by molar-refractivity contribution is -0.234. The van der Waals surface area contributed by atoms with Gasteiger partial charge in [-0.15, -0.1) is 0 Å². The summed E-state index contributed by atoms with van der Waals surface area (Å²) in [7, 11) is 0. The predicted molar refractivity (Wildman–Crippen MR) is 160 cm³/mol. The number of hydrogen-bond acceptors (Lipinski definition) is 9. The van der Waals surface area contributed by atoms with Crippen LogP contribution < -0.4 is 14.2 Å². The number of nitrogens with zero attached hydrogens (tertiary/aromatic N) is 3. The van der Waals surface area contributed by atoms with E-state index in [9.17, 15) is 14.4 Å². The van der Waals surface area contributed by atoms with Gasteiger partial charge < -0.3 is 33.2 Å². The van der Waals surface area contributed by atoms with Gasteiger partial charge in [0.15, 0.2) is 17.3 Å². The third kappa shape index (κ3) is 4.93. The summed E-state index contributed by atoms with van der Waals surface area (Å²) in [6, 6.07) is 6.78. The number of carbonyl (C=O) groups excluding carboxylic acids is 3. The molecule has 3 aliphatic heterocycles. The Balaban J connectivity index is 1.23. The van der Waals surface area contributed by atoms with E-state index in [4.69, 9.17) is 23.7 Å². The molecule has 7 rings (SSSR count). The maximum atomic E-state index is 14.3. The molecular weight excluding hydrogens is 578 g/mol. The molecule has 1 amide bonds. The van der Waals surface area contributed by atoms with Crippen molar-refractivity contribution in [2.24, 2.45) is 11.8 Å². The Hall–Kier alpha value is -4.38. The Labute approximate surface area is 261 Å². The number of benzene rings is 2. The summed E-state index contributed by atoms with van der Waals surface area (Å²) >= 11 is 0. The van der Waals surface area contributed by atoms with Crippen molar-refractivity contribution in [3.05, 3.63) is 70.8 Å². The molecule has 0 bridgehead atoms. The Morgan fingerprint density at radius 2 is 1.78 bits per heavy atom. The average molecular weight is 616 g/mol. The first-order chi connectivity index (χ1) is 21.6. The zero-order valence-electron chi connectivity index (χ0n) is 26.0. The van der Waals surface area contributed by atoms with E-state index in [2.05, 4.69) is 4.98 Å². The molecule has 0 N–H and O–H groups in total. The molecule has 11 nitrogen and oxygen atoms in total. The first-order valence-electron chi connectivity index (χ1n) is 15.5. The van der Waals surface area contributed by atoms with E-state index in [-0.39, 0.29) is 48.5 Å². The molecule has 45 heavy (non-hydrogen) atoms. The predicted octanol–water partition coefficient (Wildman–Crippen LogP) is 4.82. The van der Waals surface area contributed by atoms with Gasteiger partial charge >= 0.3 is 5.97 Å². The Kier molecular flexibility index (Phi) is 7.31. The number of amides is 1. The van der Waals surface area contributed by atoms with Gasteiger partial charge in [-0.3, -0.25) is 14.4 Å². The maximum absolute atomic E-state index is 14.3. The minimum atomic E-state index is -0.609. The normalized spacial score (nSPS) is 28.0. The number of aryl methyl sites for hydroxylation is 2. The first-order valence-corrected chi connectivity index (χ1v) is 15.5. The highest BCUT2D eigenvalue weighted by atomic mass is 16.7. The fraction of sp³-hybridized carbons (Fsp3) is 0.471. The van der Waals surface area contributed by atoms with E-state index in [0.717, 1.165) is 11.1 Å². The third-order valence-corrected chi connectivity index (χ3v) is 9.74. The highest BCUT2D eigenvalue weighted by Crippen LogP contribution is 2.54. The van der Waals surface area contributed by atoms with Crippen LogP contribution in [-0.4, -0.2) is 63.9 Å². The Morgan fingerprint density at radius 3 is 2.51 bits per heavy atom. The van der Waals surface area contributed by atoms with Crippen molar-refractivity contribution >= 4 is 17.7 Å². The monoisotopic (exact) mass is 615 g/mol. The van der Waals surface area contributed by atoms with Gasteiger partial charge in [-0.2, -0.15) is 0 Å². The summed E-state index contributed by atoms with van der Waals surface area (Å²) in [5, 5.41) is 0. The number of ketones is 1. The summed E-state index contributed by atoms with van der Waals surface area (Å²) in [6.07, 6.45) is 4.70. The number of ether oxygens (including phenoxy) is 5. The molecule has 2 aromatic carbocycles. The van der Waals surface area contributed by atoms with Gasteiger partial charge in [-0.1, -0.05) is 13.8 Å². The summed E-state index contributed by atoms with van der Waals surface area (Å²) in [4.78, 5) is 46.1. The van der Waals surface area contributed by atoms with Gasteiger partial charge in [-0.25, -0.2) is 4.98 Å². The topological polar surface area (TPSA) is 118 Å². The highest BCUT2D eigenvalue weighted by molar-refractivity contribution is 6.11. The molecular formula is C34H37N3O8. The lowest BCUT2D eigenvalue weighted by Gasteiger charge is -2.43. The highest BCUT2D eigenvalue weighted by Gasteiger charge is 2.51. The molecule has 0 spiro atoms. The van der Waals surface area contributed by atoms with Crippen molar-refractivity contribution in [1.82, 2.24) is 14.5 Å². The van der Waals surface area contributed by atoms with Crippen LogP contribution in [0.5, 0.6) is 17.2 Å². The summed E-state index contributed by atoms with van der Waals surface area (Å²) in [6.45, 7) is 10.4. The van der Waals surface area contributed by atoms with E-state index in [0.29, 0.717) is 53.4 Å². The number of esters is 1. The number of Topliss-reactive ketones (excluding diaryl/α,β-unsaturated/α-hetero) is 1. The molecule has 1 aliphatic carbocycles. The average Bonchev–Trinajstić information content (AvgIpc) is 3.75. The molecule has 1 fully saturated rings. The molecule has 0 radical (unpaired) electrons. The van der Waals surface area contributed by atoms with Gasteiger partial charge in [0, 0.05) is 55.4 Å². The SMILES string of the molecule is CC(=O)OC1[C@H](C)O[C@@H](Oc2cc3c(cc2C)C(=O)N(CCCn2ccnc2)C2c4cc5c(cc4C(=O)C32)OCO5)[C@@H](C)[C@@H]1C. The van der Waals surface area contributed by atoms with Crippen molar-refractivity contribution < 1.29 is 38.1 Å². The number of hydrogen-bond donors (Lipinski definition) is 0. The molecule has 4 aliphatic rings. The zero-order chi connectivity index (χ0) is 31.6. The van der Waals surface area contributed by atoms with Gasteiger partial charge in [0.25, 0.3) is 5.91 Å². The second kappa shape index (κ2) is 11.2. The van der Waals surface area contributed by atoms with Crippen LogP contribution in [0.4, 0.5) is 0 Å². The minimum Gasteiger partial charge on any atom is -0.464 e. The lowest BCUT2D eigenvalue weighted by atomic mass is 9.81. The molecule has 0 saturated carbocycles. The number of imidazole rings is 1. The van der Waals surface area contributed by atoms with E-state index >= 15 is 0 Å². The molecule has 1 saturated heterocycles. The fourth-order valence-corrected chi connectivity index (χ4v) is 7.25. The van der Waals surface area contributed by atoms with Crippen LogP contribution in [0, 0.1) is 18.8 Å². The van der Waals surface area contributed by atoms with Crippen molar-refractivity contribution in [1.29, 1.82) is 0 Å². The van der Waals surface area contributed by atoms with Crippen molar-refractivity contribution in [2.45, 2.75) is 78.0 Å². The fourth-order valence-electron chi connectivity index (χ4n) is 7.25. The van der Waals surface area contributed by atoms with Crippen LogP contribution in [-0.2, 0) is 20.8 Å². The van der Waals surface area contributed by atoms with Crippen molar-refractivity contribution in [3.63, 3.8) is 0 Å². The number of fused-ring (bicyclic) bond motifs is 6. The Bertz CT molecular complexity index is 1670. The summed E-state index contributed by atoms with van der Waals surface area (Å²) < 4.78 is 31.5.